The van der Waals surface area contributed by atoms with Crippen molar-refractivity contribution in [3.8, 4) is 0 Å². The normalized spacial score (nSPS) is 13.9. The molecule has 2 aromatic carbocycles. The second-order valence-electron chi connectivity index (χ2n) is 8.67. The molecule has 0 unspecified atom stereocenters. The molecule has 0 fully saturated rings. The standard InChI is InChI=1S/C27H30O4/c28-24(20-15-16-23-22-13-8-14-25(22)31-26(23)18-20)17-21(27(29)30)12-7-2-1-4-9-19-10-5-3-6-11-19/h3,5-6,10-11,15-16,18,21H,1-2,4,7-9,12-14,17H2,(H,29,30)/t21-/m1/s1. The number of carboxylic acid groups (broad SMARTS) is 1. The third-order valence-electron chi connectivity index (χ3n) is 6.42. The molecule has 3 aromatic rings. The number of hydrogen-bond acceptors (Lipinski definition) is 3. The van der Waals surface area contributed by atoms with Crippen molar-refractivity contribution in [1.82, 2.24) is 0 Å². The number of furan rings is 1. The number of carbonyl (C=O) groups excluding carboxylic acids is 1. The number of aliphatic carboxylic acids is 1. The Bertz CT molecular complexity index is 1050. The number of carbonyl (C=O) groups is 2. The summed E-state index contributed by atoms with van der Waals surface area (Å²) in [6, 6.07) is 16.0. The number of carboxylic acids is 1. The molecule has 0 saturated heterocycles. The van der Waals surface area contributed by atoms with Gasteiger partial charge in [0, 0.05) is 29.4 Å². The predicted molar refractivity (Wildman–Crippen MR) is 122 cm³/mol. The second kappa shape index (κ2) is 9.95. The van der Waals surface area contributed by atoms with Crippen LogP contribution in [0.1, 0.15) is 72.2 Å². The Hall–Kier alpha value is -2.88. The average molecular weight is 419 g/mol. The Morgan fingerprint density at radius 2 is 1.77 bits per heavy atom. The lowest BCUT2D eigenvalue weighted by molar-refractivity contribution is -0.141. The van der Waals surface area contributed by atoms with E-state index in [-0.39, 0.29) is 12.2 Å². The zero-order valence-corrected chi connectivity index (χ0v) is 17.9. The number of unbranched alkanes of at least 4 members (excludes halogenated alkanes) is 3. The third-order valence-corrected chi connectivity index (χ3v) is 6.42. The van der Waals surface area contributed by atoms with E-state index in [1.165, 1.54) is 11.1 Å². The first kappa shape index (κ1) is 21.4. The van der Waals surface area contributed by atoms with Crippen LogP contribution < -0.4 is 0 Å². The maximum absolute atomic E-state index is 12.8. The highest BCUT2D eigenvalue weighted by atomic mass is 16.4. The zero-order chi connectivity index (χ0) is 21.6. The molecule has 0 saturated carbocycles. The van der Waals surface area contributed by atoms with Gasteiger partial charge in [-0.3, -0.25) is 9.59 Å². The Labute approximate surface area is 183 Å². The van der Waals surface area contributed by atoms with Crippen LogP contribution in [0.5, 0.6) is 0 Å². The SMILES string of the molecule is O=C(C[C@@H](CCCCCCc1ccccc1)C(=O)O)c1ccc2c3c(oc2c1)CCC3. The first-order chi connectivity index (χ1) is 15.1. The number of aryl methyl sites for hydroxylation is 3. The fraction of sp³-hybridized carbons (Fsp3) is 0.407. The van der Waals surface area contributed by atoms with Crippen LogP contribution in [0.15, 0.2) is 52.9 Å². The van der Waals surface area contributed by atoms with E-state index in [0.717, 1.165) is 68.1 Å². The molecule has 0 spiro atoms. The lowest BCUT2D eigenvalue weighted by Crippen LogP contribution is -2.18. The van der Waals surface area contributed by atoms with E-state index in [4.69, 9.17) is 4.42 Å². The van der Waals surface area contributed by atoms with Gasteiger partial charge in [0.25, 0.3) is 0 Å². The van der Waals surface area contributed by atoms with E-state index >= 15 is 0 Å². The summed E-state index contributed by atoms with van der Waals surface area (Å²) in [6.45, 7) is 0. The van der Waals surface area contributed by atoms with Crippen LogP contribution in [0.25, 0.3) is 11.0 Å². The number of benzene rings is 2. The van der Waals surface area contributed by atoms with Gasteiger partial charge in [0.15, 0.2) is 5.78 Å². The van der Waals surface area contributed by atoms with Gasteiger partial charge in [0.1, 0.15) is 11.3 Å². The Kier molecular flexibility index (Phi) is 6.86. The maximum atomic E-state index is 12.8. The van der Waals surface area contributed by atoms with Gasteiger partial charge >= 0.3 is 5.97 Å². The molecule has 1 atom stereocenters. The molecule has 0 aliphatic heterocycles. The number of hydrogen-bond donors (Lipinski definition) is 1. The van der Waals surface area contributed by atoms with Crippen molar-refractivity contribution in [3.63, 3.8) is 0 Å². The first-order valence-corrected chi connectivity index (χ1v) is 11.5. The minimum Gasteiger partial charge on any atom is -0.481 e. The minimum absolute atomic E-state index is 0.0469. The third kappa shape index (κ3) is 5.25. The van der Waals surface area contributed by atoms with E-state index in [2.05, 4.69) is 24.3 Å². The molecule has 1 aromatic heterocycles. The molecular weight excluding hydrogens is 388 g/mol. The number of rotatable bonds is 11. The minimum atomic E-state index is -0.879. The van der Waals surface area contributed by atoms with Crippen LogP contribution in [-0.4, -0.2) is 16.9 Å². The molecule has 162 valence electrons. The van der Waals surface area contributed by atoms with Crippen molar-refractivity contribution in [1.29, 1.82) is 0 Å². The number of Topliss-reactive ketones (excluding diaryl/α,β-unsaturated/α-hetero) is 1. The van der Waals surface area contributed by atoms with Crippen molar-refractivity contribution < 1.29 is 19.1 Å². The maximum Gasteiger partial charge on any atom is 0.306 e. The molecule has 1 N–H and O–H groups in total. The van der Waals surface area contributed by atoms with E-state index < -0.39 is 11.9 Å². The summed E-state index contributed by atoms with van der Waals surface area (Å²) < 4.78 is 5.92. The van der Waals surface area contributed by atoms with E-state index in [1.54, 1.807) is 6.07 Å². The van der Waals surface area contributed by atoms with E-state index in [9.17, 15) is 14.7 Å². The van der Waals surface area contributed by atoms with Crippen LogP contribution in [0.2, 0.25) is 0 Å². The number of fused-ring (bicyclic) bond motifs is 3. The van der Waals surface area contributed by atoms with Gasteiger partial charge in [-0.25, -0.2) is 0 Å². The van der Waals surface area contributed by atoms with Crippen LogP contribution in [-0.2, 0) is 24.1 Å². The molecule has 1 heterocycles. The molecule has 4 rings (SSSR count). The van der Waals surface area contributed by atoms with Crippen LogP contribution in [0, 0.1) is 5.92 Å². The van der Waals surface area contributed by atoms with Gasteiger partial charge in [-0.2, -0.15) is 0 Å². The lowest BCUT2D eigenvalue weighted by Gasteiger charge is -2.12. The molecule has 0 radical (unpaired) electrons. The topological polar surface area (TPSA) is 67.5 Å². The molecule has 1 aliphatic rings. The van der Waals surface area contributed by atoms with Crippen LogP contribution in [0.4, 0.5) is 0 Å². The van der Waals surface area contributed by atoms with Crippen molar-refractivity contribution in [2.75, 3.05) is 0 Å². The van der Waals surface area contributed by atoms with Gasteiger partial charge < -0.3 is 9.52 Å². The molecule has 4 nitrogen and oxygen atoms in total. The first-order valence-electron chi connectivity index (χ1n) is 11.5. The molecule has 4 heteroatoms. The fourth-order valence-corrected chi connectivity index (χ4v) is 4.65. The monoisotopic (exact) mass is 418 g/mol. The van der Waals surface area contributed by atoms with Gasteiger partial charge in [-0.15, -0.1) is 0 Å². The largest absolute Gasteiger partial charge is 0.481 e. The molecule has 31 heavy (non-hydrogen) atoms. The van der Waals surface area contributed by atoms with Crippen molar-refractivity contribution in [2.24, 2.45) is 5.92 Å². The highest BCUT2D eigenvalue weighted by Gasteiger charge is 2.23. The van der Waals surface area contributed by atoms with Gasteiger partial charge in [-0.1, -0.05) is 61.7 Å². The predicted octanol–water partition coefficient (Wildman–Crippen LogP) is 6.39. The summed E-state index contributed by atoms with van der Waals surface area (Å²) in [5.74, 6) is -0.583. The molecular formula is C27H30O4. The highest BCUT2D eigenvalue weighted by molar-refractivity contribution is 6.01. The molecule has 0 amide bonds. The summed E-state index contributed by atoms with van der Waals surface area (Å²) >= 11 is 0. The van der Waals surface area contributed by atoms with E-state index in [1.807, 2.05) is 18.2 Å². The Morgan fingerprint density at radius 1 is 0.968 bits per heavy atom. The summed E-state index contributed by atoms with van der Waals surface area (Å²) in [4.78, 5) is 24.5. The van der Waals surface area contributed by atoms with Gasteiger partial charge in [0.05, 0.1) is 5.92 Å². The second-order valence-corrected chi connectivity index (χ2v) is 8.67. The van der Waals surface area contributed by atoms with Crippen LogP contribution in [0.3, 0.4) is 0 Å². The summed E-state index contributed by atoms with van der Waals surface area (Å²) in [5, 5.41) is 10.7. The lowest BCUT2D eigenvalue weighted by atomic mass is 9.92. The fourth-order valence-electron chi connectivity index (χ4n) is 4.65. The van der Waals surface area contributed by atoms with Gasteiger partial charge in [-0.05, 0) is 43.7 Å². The number of ketones is 1. The highest BCUT2D eigenvalue weighted by Crippen LogP contribution is 2.33. The molecule has 0 bridgehead atoms. The average Bonchev–Trinajstić information content (AvgIpc) is 3.36. The summed E-state index contributed by atoms with van der Waals surface area (Å²) in [6.07, 6.45) is 8.77. The van der Waals surface area contributed by atoms with Crippen molar-refractivity contribution >= 4 is 22.7 Å². The van der Waals surface area contributed by atoms with Crippen molar-refractivity contribution in [2.45, 2.75) is 64.2 Å². The summed E-state index contributed by atoms with van der Waals surface area (Å²) in [5.41, 5.74) is 3.91. The summed E-state index contributed by atoms with van der Waals surface area (Å²) in [7, 11) is 0. The Morgan fingerprint density at radius 3 is 2.58 bits per heavy atom. The molecule has 1 aliphatic carbocycles. The van der Waals surface area contributed by atoms with Gasteiger partial charge in [0.2, 0.25) is 0 Å². The zero-order valence-electron chi connectivity index (χ0n) is 17.9. The Balaban J connectivity index is 1.26. The van der Waals surface area contributed by atoms with Crippen molar-refractivity contribution in [3.05, 3.63) is 71.0 Å². The quantitative estimate of drug-likeness (QED) is 0.289. The van der Waals surface area contributed by atoms with E-state index in [0.29, 0.717) is 12.0 Å². The smallest absolute Gasteiger partial charge is 0.306 e. The van der Waals surface area contributed by atoms with Crippen LogP contribution >= 0.6 is 0 Å².